The fraction of sp³-hybridized carbons (Fsp3) is 0.125. The predicted molar refractivity (Wildman–Crippen MR) is 78.4 cm³/mol. The summed E-state index contributed by atoms with van der Waals surface area (Å²) in [5.74, 6) is -0.0699. The van der Waals surface area contributed by atoms with Crippen molar-refractivity contribution in [2.75, 3.05) is 6.54 Å². The number of carbonyl (C=O) groups is 1. The third-order valence-electron chi connectivity index (χ3n) is 2.80. The van der Waals surface area contributed by atoms with Gasteiger partial charge in [0.05, 0.1) is 0 Å². The molecule has 0 fully saturated rings. The van der Waals surface area contributed by atoms with Gasteiger partial charge in [-0.15, -0.1) is 0 Å². The summed E-state index contributed by atoms with van der Waals surface area (Å²) < 4.78 is 0. The lowest BCUT2D eigenvalue weighted by Gasteiger charge is -2.06. The molecule has 0 saturated carbocycles. The minimum Gasteiger partial charge on any atom is -0.352 e. The van der Waals surface area contributed by atoms with Gasteiger partial charge in [0.2, 0.25) is 0 Å². The first-order valence-corrected chi connectivity index (χ1v) is 6.47. The van der Waals surface area contributed by atoms with E-state index < -0.39 is 0 Å². The van der Waals surface area contributed by atoms with E-state index in [9.17, 15) is 4.79 Å². The molecule has 0 atom stereocenters. The lowest BCUT2D eigenvalue weighted by molar-refractivity contribution is 0.0954. The molecule has 97 valence electrons. The molecule has 0 spiro atoms. The molecule has 0 aliphatic rings. The second-order valence-electron chi connectivity index (χ2n) is 4.33. The lowest BCUT2D eigenvalue weighted by Crippen LogP contribution is -2.25. The highest BCUT2D eigenvalue weighted by Gasteiger charge is 2.04. The van der Waals surface area contributed by atoms with Crippen molar-refractivity contribution in [3.63, 3.8) is 0 Å². The number of benzene rings is 2. The molecule has 0 aromatic heterocycles. The van der Waals surface area contributed by atoms with Gasteiger partial charge >= 0.3 is 0 Å². The van der Waals surface area contributed by atoms with Gasteiger partial charge in [0, 0.05) is 17.1 Å². The maximum Gasteiger partial charge on any atom is 0.251 e. The highest BCUT2D eigenvalue weighted by molar-refractivity contribution is 6.30. The summed E-state index contributed by atoms with van der Waals surface area (Å²) in [4.78, 5) is 11.9. The molecule has 1 radical (unpaired) electrons. The Kier molecular flexibility index (Phi) is 4.58. The van der Waals surface area contributed by atoms with E-state index in [1.807, 2.05) is 36.4 Å². The Morgan fingerprint density at radius 1 is 1.16 bits per heavy atom. The zero-order valence-corrected chi connectivity index (χ0v) is 11.3. The van der Waals surface area contributed by atoms with Crippen LogP contribution in [-0.2, 0) is 6.42 Å². The topological polar surface area (TPSA) is 29.1 Å². The second-order valence-corrected chi connectivity index (χ2v) is 4.77. The van der Waals surface area contributed by atoms with Crippen molar-refractivity contribution >= 4 is 17.5 Å². The number of rotatable bonds is 4. The van der Waals surface area contributed by atoms with Crippen LogP contribution in [0.2, 0.25) is 5.02 Å². The van der Waals surface area contributed by atoms with Crippen molar-refractivity contribution in [3.8, 4) is 0 Å². The van der Waals surface area contributed by atoms with Crippen LogP contribution in [0.3, 0.4) is 0 Å². The van der Waals surface area contributed by atoms with E-state index in [2.05, 4.69) is 12.2 Å². The fourth-order valence-corrected chi connectivity index (χ4v) is 1.91. The first kappa shape index (κ1) is 13.6. The average Bonchev–Trinajstić information content (AvgIpc) is 2.41. The Balaban J connectivity index is 1.86. The molecule has 19 heavy (non-hydrogen) atoms. The number of carbonyl (C=O) groups excluding carboxylic acids is 1. The quantitative estimate of drug-likeness (QED) is 0.907. The Morgan fingerprint density at radius 3 is 2.58 bits per heavy atom. The van der Waals surface area contributed by atoms with Crippen molar-refractivity contribution in [1.29, 1.82) is 0 Å². The van der Waals surface area contributed by atoms with E-state index in [0.717, 1.165) is 22.6 Å². The monoisotopic (exact) mass is 272 g/mol. The van der Waals surface area contributed by atoms with Gasteiger partial charge in [-0.05, 0) is 48.7 Å². The standard InChI is InChI=1S/C16H15ClNO/c1-12-3-2-4-14(11-12)16(19)18-10-9-13-5-7-15(17)8-6-13/h2-8,11H,1,9-10H2,(H,18,19). The molecule has 1 N–H and O–H groups in total. The van der Waals surface area contributed by atoms with E-state index >= 15 is 0 Å². The van der Waals surface area contributed by atoms with Gasteiger partial charge in [0.1, 0.15) is 0 Å². The van der Waals surface area contributed by atoms with E-state index in [1.165, 1.54) is 0 Å². The van der Waals surface area contributed by atoms with Crippen molar-refractivity contribution < 1.29 is 4.79 Å². The number of halogens is 1. The number of nitrogens with one attached hydrogen (secondary N) is 1. The lowest BCUT2D eigenvalue weighted by atomic mass is 10.1. The van der Waals surface area contributed by atoms with Crippen LogP contribution in [0.25, 0.3) is 0 Å². The SMILES string of the molecule is [CH2]c1cccc(C(=O)NCCc2ccc(Cl)cc2)c1. The van der Waals surface area contributed by atoms with Gasteiger partial charge in [-0.25, -0.2) is 0 Å². The molecule has 0 aliphatic carbocycles. The van der Waals surface area contributed by atoms with Crippen LogP contribution in [0.1, 0.15) is 21.5 Å². The highest BCUT2D eigenvalue weighted by Crippen LogP contribution is 2.09. The average molecular weight is 273 g/mol. The van der Waals surface area contributed by atoms with E-state index in [1.54, 1.807) is 12.1 Å². The van der Waals surface area contributed by atoms with Gasteiger partial charge < -0.3 is 5.32 Å². The predicted octanol–water partition coefficient (Wildman–Crippen LogP) is 3.49. The number of hydrogen-bond acceptors (Lipinski definition) is 1. The maximum atomic E-state index is 11.9. The first-order valence-electron chi connectivity index (χ1n) is 6.10. The first-order chi connectivity index (χ1) is 9.15. The molecule has 0 aliphatic heterocycles. The Morgan fingerprint density at radius 2 is 1.89 bits per heavy atom. The van der Waals surface area contributed by atoms with Crippen LogP contribution >= 0.6 is 11.6 Å². The van der Waals surface area contributed by atoms with E-state index in [-0.39, 0.29) is 5.91 Å². The van der Waals surface area contributed by atoms with Gasteiger partial charge in [0.25, 0.3) is 5.91 Å². The largest absolute Gasteiger partial charge is 0.352 e. The molecule has 0 heterocycles. The maximum absolute atomic E-state index is 11.9. The third kappa shape index (κ3) is 4.11. The molecule has 2 aromatic carbocycles. The Labute approximate surface area is 118 Å². The van der Waals surface area contributed by atoms with Crippen molar-refractivity contribution in [2.45, 2.75) is 6.42 Å². The molecular weight excluding hydrogens is 258 g/mol. The molecule has 0 bridgehead atoms. The summed E-state index contributed by atoms with van der Waals surface area (Å²) in [6.45, 7) is 4.41. The summed E-state index contributed by atoms with van der Waals surface area (Å²) in [6.07, 6.45) is 0.785. The number of amides is 1. The fourth-order valence-electron chi connectivity index (χ4n) is 1.79. The highest BCUT2D eigenvalue weighted by atomic mass is 35.5. The summed E-state index contributed by atoms with van der Waals surface area (Å²) >= 11 is 5.82. The summed E-state index contributed by atoms with van der Waals surface area (Å²) in [7, 11) is 0. The van der Waals surface area contributed by atoms with E-state index in [0.29, 0.717) is 12.1 Å². The molecule has 2 rings (SSSR count). The van der Waals surface area contributed by atoms with Crippen LogP contribution in [0, 0.1) is 6.92 Å². The smallest absolute Gasteiger partial charge is 0.251 e. The van der Waals surface area contributed by atoms with Crippen LogP contribution in [0.4, 0.5) is 0 Å². The van der Waals surface area contributed by atoms with Crippen LogP contribution < -0.4 is 5.32 Å². The minimum atomic E-state index is -0.0699. The molecule has 3 heteroatoms. The van der Waals surface area contributed by atoms with Gasteiger partial charge in [-0.3, -0.25) is 4.79 Å². The summed E-state index contributed by atoms with van der Waals surface area (Å²) in [5, 5.41) is 3.61. The normalized spacial score (nSPS) is 10.2. The molecule has 2 aromatic rings. The zero-order valence-electron chi connectivity index (χ0n) is 10.5. The molecule has 1 amide bonds. The van der Waals surface area contributed by atoms with E-state index in [4.69, 9.17) is 11.6 Å². The van der Waals surface area contributed by atoms with Crippen molar-refractivity contribution in [3.05, 3.63) is 77.2 Å². The minimum absolute atomic E-state index is 0.0699. The molecule has 0 unspecified atom stereocenters. The summed E-state index contributed by atoms with van der Waals surface area (Å²) in [5.41, 5.74) is 2.63. The molecule has 0 saturated heterocycles. The Bertz CT molecular complexity index is 563. The second kappa shape index (κ2) is 6.39. The molecule has 2 nitrogen and oxygen atoms in total. The van der Waals surface area contributed by atoms with Gasteiger partial charge in [-0.2, -0.15) is 0 Å². The van der Waals surface area contributed by atoms with Gasteiger partial charge in [0.15, 0.2) is 0 Å². The van der Waals surface area contributed by atoms with Crippen LogP contribution in [0.15, 0.2) is 48.5 Å². The Hall–Kier alpha value is -1.80. The molecular formula is C16H15ClNO. The van der Waals surface area contributed by atoms with Crippen LogP contribution in [-0.4, -0.2) is 12.5 Å². The van der Waals surface area contributed by atoms with Crippen molar-refractivity contribution in [2.24, 2.45) is 0 Å². The third-order valence-corrected chi connectivity index (χ3v) is 3.05. The summed E-state index contributed by atoms with van der Waals surface area (Å²) in [6, 6.07) is 14.9. The number of hydrogen-bond donors (Lipinski definition) is 1. The van der Waals surface area contributed by atoms with Crippen molar-refractivity contribution in [1.82, 2.24) is 5.32 Å². The zero-order chi connectivity index (χ0) is 13.7. The van der Waals surface area contributed by atoms with Gasteiger partial charge in [-0.1, -0.05) is 35.9 Å². The van der Waals surface area contributed by atoms with Crippen LogP contribution in [0.5, 0.6) is 0 Å².